The van der Waals surface area contributed by atoms with Gasteiger partial charge in [0.15, 0.2) is 0 Å². The van der Waals surface area contributed by atoms with Crippen molar-refractivity contribution in [2.24, 2.45) is 0 Å². The zero-order valence-corrected chi connectivity index (χ0v) is 10.3. The van der Waals surface area contributed by atoms with Gasteiger partial charge < -0.3 is 11.1 Å². The Kier molecular flexibility index (Phi) is 2.73. The third kappa shape index (κ3) is 1.91. The number of nitriles is 1. The monoisotopic (exact) mass is 267 g/mol. The zero-order chi connectivity index (χ0) is 14.1. The van der Waals surface area contributed by atoms with Gasteiger partial charge in [0.2, 0.25) is 0 Å². The van der Waals surface area contributed by atoms with Crippen LogP contribution in [0.3, 0.4) is 0 Å². The first-order valence-electron chi connectivity index (χ1n) is 5.87. The first-order chi connectivity index (χ1) is 9.69. The second-order valence-corrected chi connectivity index (χ2v) is 4.30. The van der Waals surface area contributed by atoms with E-state index in [9.17, 15) is 4.39 Å². The molecule has 3 rings (SSSR count). The Balaban J connectivity index is 2.07. The van der Waals surface area contributed by atoms with Gasteiger partial charge >= 0.3 is 0 Å². The summed E-state index contributed by atoms with van der Waals surface area (Å²) in [5, 5.41) is 19.6. The summed E-state index contributed by atoms with van der Waals surface area (Å²) in [4.78, 5) is 0. The smallest absolute Gasteiger partial charge is 0.143 e. The number of benzene rings is 2. The van der Waals surface area contributed by atoms with Gasteiger partial charge in [-0.2, -0.15) is 10.4 Å². The average Bonchev–Trinajstić information content (AvgIpc) is 2.86. The van der Waals surface area contributed by atoms with E-state index in [0.29, 0.717) is 17.1 Å². The molecule has 1 aromatic heterocycles. The number of nitrogens with two attached hydrogens (primary N) is 1. The second kappa shape index (κ2) is 4.55. The highest BCUT2D eigenvalue weighted by Crippen LogP contribution is 2.29. The number of hydrogen-bond acceptors (Lipinski definition) is 4. The lowest BCUT2D eigenvalue weighted by Gasteiger charge is -2.11. The molecule has 1 heterocycles. The van der Waals surface area contributed by atoms with Gasteiger partial charge in [0, 0.05) is 5.39 Å². The normalized spacial score (nSPS) is 10.4. The molecule has 3 aromatic rings. The summed E-state index contributed by atoms with van der Waals surface area (Å²) in [5.74, 6) is -0.571. The first kappa shape index (κ1) is 12.0. The largest absolute Gasteiger partial charge is 0.397 e. The minimum Gasteiger partial charge on any atom is -0.397 e. The molecule has 20 heavy (non-hydrogen) atoms. The maximum absolute atomic E-state index is 13.5. The Morgan fingerprint density at radius 3 is 2.95 bits per heavy atom. The fourth-order valence-electron chi connectivity index (χ4n) is 2.00. The number of H-pyrrole nitrogens is 1. The zero-order valence-electron chi connectivity index (χ0n) is 10.3. The van der Waals surface area contributed by atoms with Crippen molar-refractivity contribution in [3.8, 4) is 6.07 Å². The number of halogens is 1. The molecule has 0 spiro atoms. The molecule has 0 saturated heterocycles. The van der Waals surface area contributed by atoms with E-state index in [1.54, 1.807) is 24.4 Å². The Morgan fingerprint density at radius 1 is 1.30 bits per heavy atom. The predicted octanol–water partition coefficient (Wildman–Crippen LogP) is 2.90. The lowest BCUT2D eigenvalue weighted by Crippen LogP contribution is -1.99. The van der Waals surface area contributed by atoms with Gasteiger partial charge in [-0.25, -0.2) is 4.39 Å². The fraction of sp³-hybridized carbons (Fsp3) is 0. The molecule has 2 aromatic carbocycles. The van der Waals surface area contributed by atoms with Crippen LogP contribution in [0.15, 0.2) is 36.5 Å². The van der Waals surface area contributed by atoms with Crippen molar-refractivity contribution in [1.29, 1.82) is 5.26 Å². The number of fused-ring (bicyclic) bond motifs is 1. The van der Waals surface area contributed by atoms with Crippen molar-refractivity contribution in [1.82, 2.24) is 10.2 Å². The van der Waals surface area contributed by atoms with Crippen molar-refractivity contribution in [2.75, 3.05) is 11.1 Å². The second-order valence-electron chi connectivity index (χ2n) is 4.30. The third-order valence-electron chi connectivity index (χ3n) is 3.01. The molecule has 4 N–H and O–H groups in total. The molecule has 0 fully saturated rings. The summed E-state index contributed by atoms with van der Waals surface area (Å²) in [7, 11) is 0. The minimum atomic E-state index is -0.571. The molecule has 0 bridgehead atoms. The standard InChI is InChI=1S/C14H10FN5/c15-10-2-1-3-12(9(10)6-16)19-14-5-13-8(4-11(14)17)7-18-20-13/h1-5,7,19H,17H2,(H,18,20). The molecule has 0 radical (unpaired) electrons. The third-order valence-corrected chi connectivity index (χ3v) is 3.01. The van der Waals surface area contributed by atoms with Crippen molar-refractivity contribution < 1.29 is 4.39 Å². The summed E-state index contributed by atoms with van der Waals surface area (Å²) in [6.45, 7) is 0. The Morgan fingerprint density at radius 2 is 2.15 bits per heavy atom. The van der Waals surface area contributed by atoms with Crippen LogP contribution in [0.25, 0.3) is 10.9 Å². The van der Waals surface area contributed by atoms with Crippen LogP contribution >= 0.6 is 0 Å². The van der Waals surface area contributed by atoms with Crippen LogP contribution in [0.1, 0.15) is 5.56 Å². The van der Waals surface area contributed by atoms with E-state index >= 15 is 0 Å². The maximum atomic E-state index is 13.5. The predicted molar refractivity (Wildman–Crippen MR) is 74.9 cm³/mol. The molecule has 0 aliphatic rings. The number of nitrogen functional groups attached to an aromatic ring is 1. The molecule has 0 aliphatic carbocycles. The SMILES string of the molecule is N#Cc1c(F)cccc1Nc1cc2[nH]ncc2cc1N. The summed E-state index contributed by atoms with van der Waals surface area (Å²) in [6.07, 6.45) is 1.67. The van der Waals surface area contributed by atoms with Gasteiger partial charge in [-0.3, -0.25) is 5.10 Å². The molecular weight excluding hydrogens is 257 g/mol. The van der Waals surface area contributed by atoms with E-state index in [1.165, 1.54) is 12.1 Å². The highest BCUT2D eigenvalue weighted by molar-refractivity contribution is 5.90. The van der Waals surface area contributed by atoms with Gasteiger partial charge in [0.25, 0.3) is 0 Å². The number of rotatable bonds is 2. The molecule has 0 saturated carbocycles. The molecule has 0 unspecified atom stereocenters. The van der Waals surface area contributed by atoms with Gasteiger partial charge in [0.1, 0.15) is 17.4 Å². The van der Waals surface area contributed by atoms with Gasteiger partial charge in [-0.15, -0.1) is 0 Å². The number of nitrogens with zero attached hydrogens (tertiary/aromatic N) is 2. The van der Waals surface area contributed by atoms with Gasteiger partial charge in [0.05, 0.1) is 28.8 Å². The lowest BCUT2D eigenvalue weighted by atomic mass is 10.1. The van der Waals surface area contributed by atoms with E-state index in [4.69, 9.17) is 11.0 Å². The number of hydrogen-bond donors (Lipinski definition) is 3. The maximum Gasteiger partial charge on any atom is 0.143 e. The summed E-state index contributed by atoms with van der Waals surface area (Å²) < 4.78 is 13.5. The molecule has 5 nitrogen and oxygen atoms in total. The highest BCUT2D eigenvalue weighted by Gasteiger charge is 2.10. The first-order valence-corrected chi connectivity index (χ1v) is 5.87. The van der Waals surface area contributed by atoms with Crippen molar-refractivity contribution in [3.05, 3.63) is 47.9 Å². The van der Waals surface area contributed by atoms with Crippen molar-refractivity contribution in [2.45, 2.75) is 0 Å². The number of nitrogens with one attached hydrogen (secondary N) is 2. The van der Waals surface area contributed by atoms with Crippen LogP contribution in [0.4, 0.5) is 21.5 Å². The highest BCUT2D eigenvalue weighted by atomic mass is 19.1. The van der Waals surface area contributed by atoms with Crippen LogP contribution in [-0.2, 0) is 0 Å². The van der Waals surface area contributed by atoms with Crippen LogP contribution < -0.4 is 11.1 Å². The average molecular weight is 267 g/mol. The van der Waals surface area contributed by atoms with E-state index in [0.717, 1.165) is 10.9 Å². The molecule has 0 amide bonds. The number of aromatic nitrogens is 2. The van der Waals surface area contributed by atoms with E-state index in [1.807, 2.05) is 6.07 Å². The molecule has 0 aliphatic heterocycles. The fourth-order valence-corrected chi connectivity index (χ4v) is 2.00. The van der Waals surface area contributed by atoms with E-state index in [2.05, 4.69) is 15.5 Å². The van der Waals surface area contributed by atoms with Crippen LogP contribution in [-0.4, -0.2) is 10.2 Å². The molecule has 98 valence electrons. The Hall–Kier alpha value is -3.07. The van der Waals surface area contributed by atoms with E-state index < -0.39 is 5.82 Å². The number of anilines is 3. The van der Waals surface area contributed by atoms with Crippen LogP contribution in [0.2, 0.25) is 0 Å². The van der Waals surface area contributed by atoms with E-state index in [-0.39, 0.29) is 5.56 Å². The minimum absolute atomic E-state index is 0.0448. The quantitative estimate of drug-likeness (QED) is 0.623. The summed E-state index contributed by atoms with van der Waals surface area (Å²) >= 11 is 0. The van der Waals surface area contributed by atoms with Crippen LogP contribution in [0, 0.1) is 17.1 Å². The summed E-state index contributed by atoms with van der Waals surface area (Å²) in [5.41, 5.74) is 8.15. The van der Waals surface area contributed by atoms with Gasteiger partial charge in [-0.05, 0) is 24.3 Å². The lowest BCUT2D eigenvalue weighted by molar-refractivity contribution is 0.624. The Bertz CT molecular complexity index is 831. The van der Waals surface area contributed by atoms with Crippen molar-refractivity contribution in [3.63, 3.8) is 0 Å². The number of aromatic amines is 1. The molecule has 6 heteroatoms. The molecule has 0 atom stereocenters. The Labute approximate surface area is 113 Å². The van der Waals surface area contributed by atoms with Crippen molar-refractivity contribution >= 4 is 28.0 Å². The molecular formula is C14H10FN5. The topological polar surface area (TPSA) is 90.5 Å². The van der Waals surface area contributed by atoms with Gasteiger partial charge in [-0.1, -0.05) is 6.07 Å². The summed E-state index contributed by atoms with van der Waals surface area (Å²) in [6, 6.07) is 9.76. The van der Waals surface area contributed by atoms with Crippen LogP contribution in [0.5, 0.6) is 0 Å².